The molecule has 0 fully saturated rings. The lowest BCUT2D eigenvalue weighted by Crippen LogP contribution is -2.43. The number of hydrogen-bond donors (Lipinski definition) is 1. The van der Waals surface area contributed by atoms with Crippen LogP contribution < -0.4 is 5.73 Å². The summed E-state index contributed by atoms with van der Waals surface area (Å²) in [4.78, 5) is 11.7. The molecule has 2 N–H and O–H groups in total. The topological polar surface area (TPSA) is 52.3 Å². The highest BCUT2D eigenvalue weighted by atomic mass is 35.5. The minimum Gasteiger partial charge on any atom is -0.464 e. The molecule has 16 heavy (non-hydrogen) atoms. The molecule has 1 aromatic rings. The summed E-state index contributed by atoms with van der Waals surface area (Å²) in [6.45, 7) is 3.53. The van der Waals surface area contributed by atoms with E-state index in [1.165, 1.54) is 0 Å². The first kappa shape index (κ1) is 13.3. The van der Waals surface area contributed by atoms with Crippen LogP contribution in [-0.2, 0) is 15.1 Å². The van der Waals surface area contributed by atoms with Gasteiger partial charge in [0.15, 0.2) is 0 Å². The number of rotatable bonds is 3. The second kappa shape index (κ2) is 5.04. The third-order valence-corrected chi connectivity index (χ3v) is 3.03. The third-order valence-electron chi connectivity index (χ3n) is 2.21. The van der Waals surface area contributed by atoms with Crippen LogP contribution in [-0.4, -0.2) is 12.6 Å². The van der Waals surface area contributed by atoms with Gasteiger partial charge in [-0.3, -0.25) is 0 Å². The molecule has 1 aromatic carbocycles. The quantitative estimate of drug-likeness (QED) is 0.852. The number of carbonyl (C=O) groups excluding carboxylic acids is 1. The molecule has 0 amide bonds. The Morgan fingerprint density at radius 3 is 2.69 bits per heavy atom. The molecule has 0 bridgehead atoms. The minimum absolute atomic E-state index is 0.268. The van der Waals surface area contributed by atoms with Crippen molar-refractivity contribution in [2.75, 3.05) is 6.61 Å². The third kappa shape index (κ3) is 2.48. The lowest BCUT2D eigenvalue weighted by molar-refractivity contribution is -0.149. The van der Waals surface area contributed by atoms with E-state index in [4.69, 9.17) is 33.7 Å². The summed E-state index contributed by atoms with van der Waals surface area (Å²) in [5.41, 5.74) is 5.08. The molecule has 0 saturated heterocycles. The van der Waals surface area contributed by atoms with Crippen LogP contribution in [0.4, 0.5) is 0 Å². The smallest absolute Gasteiger partial charge is 0.330 e. The highest BCUT2D eigenvalue weighted by Gasteiger charge is 2.34. The molecule has 3 nitrogen and oxygen atoms in total. The van der Waals surface area contributed by atoms with E-state index in [0.717, 1.165) is 0 Å². The van der Waals surface area contributed by atoms with Crippen molar-refractivity contribution in [2.24, 2.45) is 5.73 Å². The van der Waals surface area contributed by atoms with Crippen molar-refractivity contribution in [2.45, 2.75) is 19.4 Å². The number of ether oxygens (including phenoxy) is 1. The molecule has 0 aromatic heterocycles. The first-order valence-corrected chi connectivity index (χ1v) is 5.57. The van der Waals surface area contributed by atoms with Crippen LogP contribution in [0.15, 0.2) is 18.2 Å². The lowest BCUT2D eigenvalue weighted by Gasteiger charge is -2.24. The fourth-order valence-electron chi connectivity index (χ4n) is 1.30. The van der Waals surface area contributed by atoms with Crippen molar-refractivity contribution < 1.29 is 9.53 Å². The predicted octanol–water partition coefficient (Wildman–Crippen LogP) is 2.73. The largest absolute Gasteiger partial charge is 0.464 e. The first-order chi connectivity index (χ1) is 7.41. The van der Waals surface area contributed by atoms with E-state index in [-0.39, 0.29) is 11.6 Å². The minimum atomic E-state index is -1.29. The van der Waals surface area contributed by atoms with Gasteiger partial charge in [-0.1, -0.05) is 35.3 Å². The van der Waals surface area contributed by atoms with Gasteiger partial charge < -0.3 is 10.5 Å². The zero-order valence-corrected chi connectivity index (χ0v) is 10.6. The molecule has 0 aliphatic carbocycles. The molecule has 1 atom stereocenters. The van der Waals surface area contributed by atoms with Gasteiger partial charge >= 0.3 is 5.97 Å². The van der Waals surface area contributed by atoms with E-state index in [9.17, 15) is 4.79 Å². The van der Waals surface area contributed by atoms with Crippen molar-refractivity contribution in [3.05, 3.63) is 33.8 Å². The predicted molar refractivity (Wildman–Crippen MR) is 64.6 cm³/mol. The number of halogens is 2. The molecule has 0 heterocycles. The van der Waals surface area contributed by atoms with E-state index in [0.29, 0.717) is 10.6 Å². The number of nitrogens with two attached hydrogens (primary N) is 1. The normalized spacial score (nSPS) is 14.3. The van der Waals surface area contributed by atoms with Crippen molar-refractivity contribution in [1.29, 1.82) is 0 Å². The van der Waals surface area contributed by atoms with Crippen LogP contribution in [0.5, 0.6) is 0 Å². The zero-order valence-electron chi connectivity index (χ0n) is 9.09. The molecule has 1 unspecified atom stereocenters. The zero-order chi connectivity index (χ0) is 12.3. The average molecular weight is 262 g/mol. The molecule has 88 valence electrons. The summed E-state index contributed by atoms with van der Waals surface area (Å²) < 4.78 is 4.89. The molecule has 1 rings (SSSR count). The Hall–Kier alpha value is -0.770. The second-order valence-electron chi connectivity index (χ2n) is 3.52. The molecule has 0 aliphatic rings. The number of carbonyl (C=O) groups is 1. The van der Waals surface area contributed by atoms with Crippen LogP contribution in [0.1, 0.15) is 19.4 Å². The highest BCUT2D eigenvalue weighted by molar-refractivity contribution is 6.42. The summed E-state index contributed by atoms with van der Waals surface area (Å²) in [5.74, 6) is -0.529. The van der Waals surface area contributed by atoms with Gasteiger partial charge in [0.05, 0.1) is 16.7 Å². The van der Waals surface area contributed by atoms with E-state index in [1.54, 1.807) is 32.0 Å². The van der Waals surface area contributed by atoms with Crippen molar-refractivity contribution >= 4 is 29.2 Å². The van der Waals surface area contributed by atoms with Gasteiger partial charge in [-0.2, -0.15) is 0 Å². The van der Waals surface area contributed by atoms with Gasteiger partial charge in [-0.05, 0) is 19.9 Å². The standard InChI is InChI=1S/C11H13Cl2NO2/c1-3-16-10(15)11(2,14)7-5-4-6-8(12)9(7)13/h4-6H,3,14H2,1-2H3. The van der Waals surface area contributed by atoms with Crippen molar-refractivity contribution in [3.63, 3.8) is 0 Å². The summed E-state index contributed by atoms with van der Waals surface area (Å²) in [7, 11) is 0. The van der Waals surface area contributed by atoms with Crippen LogP contribution in [0.3, 0.4) is 0 Å². The Morgan fingerprint density at radius 2 is 2.12 bits per heavy atom. The average Bonchev–Trinajstić information content (AvgIpc) is 2.22. The fraction of sp³-hybridized carbons (Fsp3) is 0.364. The number of benzene rings is 1. The molecule has 5 heteroatoms. The van der Waals surface area contributed by atoms with E-state index < -0.39 is 11.5 Å². The second-order valence-corrected chi connectivity index (χ2v) is 4.31. The van der Waals surface area contributed by atoms with Crippen LogP contribution >= 0.6 is 23.2 Å². The van der Waals surface area contributed by atoms with Crippen LogP contribution in [0.25, 0.3) is 0 Å². The Balaban J connectivity index is 3.16. The van der Waals surface area contributed by atoms with Gasteiger partial charge in [-0.15, -0.1) is 0 Å². The summed E-state index contributed by atoms with van der Waals surface area (Å²) in [6.07, 6.45) is 0. The summed E-state index contributed by atoms with van der Waals surface area (Å²) >= 11 is 11.9. The molecule has 0 saturated carbocycles. The lowest BCUT2D eigenvalue weighted by atomic mass is 9.93. The van der Waals surface area contributed by atoms with Gasteiger partial charge in [0.1, 0.15) is 5.54 Å². The van der Waals surface area contributed by atoms with Gasteiger partial charge in [0, 0.05) is 5.56 Å². The van der Waals surface area contributed by atoms with Gasteiger partial charge in [0.2, 0.25) is 0 Å². The maximum atomic E-state index is 11.7. The Morgan fingerprint density at radius 1 is 1.50 bits per heavy atom. The SMILES string of the molecule is CCOC(=O)C(C)(N)c1cccc(Cl)c1Cl. The summed E-state index contributed by atoms with van der Waals surface area (Å²) in [5, 5.41) is 0.641. The van der Waals surface area contributed by atoms with Gasteiger partial charge in [-0.25, -0.2) is 4.79 Å². The maximum absolute atomic E-state index is 11.7. The van der Waals surface area contributed by atoms with Crippen LogP contribution in [0, 0.1) is 0 Å². The van der Waals surface area contributed by atoms with Crippen molar-refractivity contribution in [1.82, 2.24) is 0 Å². The Bertz CT molecular complexity index is 405. The monoisotopic (exact) mass is 261 g/mol. The first-order valence-electron chi connectivity index (χ1n) is 4.81. The Labute approximate surface area is 104 Å². The summed E-state index contributed by atoms with van der Waals surface area (Å²) in [6, 6.07) is 4.98. The number of hydrogen-bond acceptors (Lipinski definition) is 3. The molecule has 0 radical (unpaired) electrons. The highest BCUT2D eigenvalue weighted by Crippen LogP contribution is 2.32. The van der Waals surface area contributed by atoms with E-state index >= 15 is 0 Å². The number of esters is 1. The molecule has 0 spiro atoms. The molecular weight excluding hydrogens is 249 g/mol. The van der Waals surface area contributed by atoms with Gasteiger partial charge in [0.25, 0.3) is 0 Å². The van der Waals surface area contributed by atoms with Crippen LogP contribution in [0.2, 0.25) is 10.0 Å². The molecular formula is C11H13Cl2NO2. The van der Waals surface area contributed by atoms with E-state index in [1.807, 2.05) is 0 Å². The fourth-order valence-corrected chi connectivity index (χ4v) is 1.79. The van der Waals surface area contributed by atoms with Crippen molar-refractivity contribution in [3.8, 4) is 0 Å². The molecule has 0 aliphatic heterocycles. The maximum Gasteiger partial charge on any atom is 0.330 e. The Kier molecular flexibility index (Phi) is 4.19. The van der Waals surface area contributed by atoms with E-state index in [2.05, 4.69) is 0 Å².